The first-order chi connectivity index (χ1) is 9.67. The summed E-state index contributed by atoms with van der Waals surface area (Å²) in [4.78, 5) is 12.9. The molecule has 6 heteroatoms. The van der Waals surface area contributed by atoms with Crippen LogP contribution < -0.4 is 10.6 Å². The molecule has 0 aliphatic heterocycles. The first-order valence-electron chi connectivity index (χ1n) is 6.77. The average Bonchev–Trinajstić information content (AvgIpc) is 2.39. The third kappa shape index (κ3) is 6.37. The molecule has 0 fully saturated rings. The highest BCUT2D eigenvalue weighted by atomic mass is 32.2. The van der Waals surface area contributed by atoms with Crippen molar-refractivity contribution in [3.63, 3.8) is 0 Å². The number of thioether (sulfide) groups is 1. The lowest BCUT2D eigenvalue weighted by molar-refractivity contribution is 0.111. The van der Waals surface area contributed by atoms with Gasteiger partial charge in [0.15, 0.2) is 0 Å². The lowest BCUT2D eigenvalue weighted by atomic mass is 10.1. The van der Waals surface area contributed by atoms with Gasteiger partial charge in [-0.15, -0.1) is 11.8 Å². The Bertz CT molecular complexity index is 465. The maximum Gasteiger partial charge on any atom is 0.319 e. The first kappa shape index (κ1) is 17.8. The van der Waals surface area contributed by atoms with Crippen LogP contribution in [0, 0.1) is 0 Å². The van der Waals surface area contributed by atoms with Gasteiger partial charge in [-0.3, -0.25) is 0 Å². The quantitative estimate of drug-likeness (QED) is 0.630. The Morgan fingerprint density at radius 3 is 2.05 bits per heavy atom. The van der Waals surface area contributed by atoms with Gasteiger partial charge < -0.3 is 20.8 Å². The van der Waals surface area contributed by atoms with Crippen LogP contribution in [0.3, 0.4) is 0 Å². The minimum absolute atomic E-state index is 0.135. The second kappa shape index (κ2) is 7.15. The number of aliphatic hydroxyl groups is 2. The van der Waals surface area contributed by atoms with E-state index in [1.165, 1.54) is 0 Å². The summed E-state index contributed by atoms with van der Waals surface area (Å²) in [6.45, 7) is 7.32. The van der Waals surface area contributed by atoms with E-state index >= 15 is 0 Å². The minimum atomic E-state index is -1.04. The molecule has 1 aromatic carbocycles. The molecule has 0 radical (unpaired) electrons. The SMILES string of the molecule is CC(CO)(CO)NC(=O)Nc1ccc(SC(C)(C)C)cc1. The van der Waals surface area contributed by atoms with Crippen molar-refractivity contribution in [2.75, 3.05) is 18.5 Å². The number of amides is 2. The molecule has 1 rings (SSSR count). The van der Waals surface area contributed by atoms with E-state index in [-0.39, 0.29) is 18.0 Å². The normalized spacial score (nSPS) is 12.1. The fourth-order valence-corrected chi connectivity index (χ4v) is 2.50. The van der Waals surface area contributed by atoms with Crippen LogP contribution in [0.5, 0.6) is 0 Å². The fourth-order valence-electron chi connectivity index (χ4n) is 1.53. The number of aliphatic hydroxyl groups excluding tert-OH is 2. The summed E-state index contributed by atoms with van der Waals surface area (Å²) in [6.07, 6.45) is 0. The van der Waals surface area contributed by atoms with E-state index in [1.54, 1.807) is 18.7 Å². The number of urea groups is 1. The highest BCUT2D eigenvalue weighted by Gasteiger charge is 2.24. The van der Waals surface area contributed by atoms with Crippen molar-refractivity contribution in [1.29, 1.82) is 0 Å². The smallest absolute Gasteiger partial charge is 0.319 e. The monoisotopic (exact) mass is 312 g/mol. The molecule has 0 atom stereocenters. The summed E-state index contributed by atoms with van der Waals surface area (Å²) in [5.41, 5.74) is -0.379. The van der Waals surface area contributed by atoms with Gasteiger partial charge in [-0.05, 0) is 31.2 Å². The van der Waals surface area contributed by atoms with Crippen molar-refractivity contribution in [2.45, 2.75) is 42.9 Å². The van der Waals surface area contributed by atoms with E-state index in [2.05, 4.69) is 31.4 Å². The summed E-state index contributed by atoms with van der Waals surface area (Å²) in [5.74, 6) is 0. The Balaban J connectivity index is 2.62. The van der Waals surface area contributed by atoms with Gasteiger partial charge in [0.25, 0.3) is 0 Å². The standard InChI is InChI=1S/C15H24N2O3S/c1-14(2,3)21-12-7-5-11(6-8-12)16-13(20)17-15(4,9-18)10-19/h5-8,18-19H,9-10H2,1-4H3,(H2,16,17,20). The molecular formula is C15H24N2O3S. The lowest BCUT2D eigenvalue weighted by Crippen LogP contribution is -2.53. The predicted molar refractivity (Wildman–Crippen MR) is 86.8 cm³/mol. The molecule has 0 saturated carbocycles. The van der Waals surface area contributed by atoms with Crippen LogP contribution in [0.2, 0.25) is 0 Å². The second-order valence-electron chi connectivity index (χ2n) is 6.19. The zero-order chi connectivity index (χ0) is 16.1. The number of hydrogen-bond acceptors (Lipinski definition) is 4. The minimum Gasteiger partial charge on any atom is -0.394 e. The summed E-state index contributed by atoms with van der Waals surface area (Å²) in [7, 11) is 0. The van der Waals surface area contributed by atoms with Crippen molar-refractivity contribution in [1.82, 2.24) is 5.32 Å². The van der Waals surface area contributed by atoms with E-state index < -0.39 is 11.6 Å². The number of carbonyl (C=O) groups is 1. The van der Waals surface area contributed by atoms with E-state index in [9.17, 15) is 4.79 Å². The molecule has 118 valence electrons. The van der Waals surface area contributed by atoms with Crippen LogP contribution in [0.25, 0.3) is 0 Å². The molecule has 1 aromatic rings. The van der Waals surface area contributed by atoms with E-state index in [0.717, 1.165) is 4.90 Å². The number of anilines is 1. The van der Waals surface area contributed by atoms with Gasteiger partial charge in [-0.25, -0.2) is 4.79 Å². The van der Waals surface area contributed by atoms with Gasteiger partial charge in [0.2, 0.25) is 0 Å². The fraction of sp³-hybridized carbons (Fsp3) is 0.533. The highest BCUT2D eigenvalue weighted by Crippen LogP contribution is 2.32. The van der Waals surface area contributed by atoms with Crippen molar-refractivity contribution in [2.24, 2.45) is 0 Å². The van der Waals surface area contributed by atoms with Crippen molar-refractivity contribution in [3.05, 3.63) is 24.3 Å². The molecule has 5 nitrogen and oxygen atoms in total. The molecule has 0 saturated heterocycles. The third-order valence-corrected chi connectivity index (χ3v) is 3.77. The molecule has 0 aliphatic rings. The lowest BCUT2D eigenvalue weighted by Gasteiger charge is -2.26. The van der Waals surface area contributed by atoms with Crippen LogP contribution in [0.15, 0.2) is 29.2 Å². The van der Waals surface area contributed by atoms with Crippen LogP contribution >= 0.6 is 11.8 Å². The average molecular weight is 312 g/mol. The van der Waals surface area contributed by atoms with Crippen molar-refractivity contribution in [3.8, 4) is 0 Å². The van der Waals surface area contributed by atoms with Gasteiger partial charge in [0, 0.05) is 15.3 Å². The van der Waals surface area contributed by atoms with Crippen molar-refractivity contribution >= 4 is 23.5 Å². The zero-order valence-corrected chi connectivity index (χ0v) is 13.8. The Kier molecular flexibility index (Phi) is 6.07. The Morgan fingerprint density at radius 1 is 1.10 bits per heavy atom. The number of rotatable bonds is 5. The van der Waals surface area contributed by atoms with Crippen LogP contribution in [0.1, 0.15) is 27.7 Å². The molecule has 0 aromatic heterocycles. The predicted octanol–water partition coefficient (Wildman–Crippen LogP) is 2.44. The molecule has 0 heterocycles. The largest absolute Gasteiger partial charge is 0.394 e. The summed E-state index contributed by atoms with van der Waals surface area (Å²) < 4.78 is 0.135. The molecule has 0 aliphatic carbocycles. The van der Waals surface area contributed by atoms with Gasteiger partial charge in [0.05, 0.1) is 18.8 Å². The molecule has 0 unspecified atom stereocenters. The Morgan fingerprint density at radius 2 is 1.62 bits per heavy atom. The second-order valence-corrected chi connectivity index (χ2v) is 8.10. The van der Waals surface area contributed by atoms with Gasteiger partial charge in [0.1, 0.15) is 0 Å². The molecule has 2 amide bonds. The van der Waals surface area contributed by atoms with Crippen LogP contribution in [-0.2, 0) is 0 Å². The Hall–Kier alpha value is -1.24. The maximum atomic E-state index is 11.8. The van der Waals surface area contributed by atoms with Gasteiger partial charge >= 0.3 is 6.03 Å². The van der Waals surface area contributed by atoms with E-state index in [1.807, 2.05) is 24.3 Å². The van der Waals surface area contributed by atoms with Crippen molar-refractivity contribution < 1.29 is 15.0 Å². The third-order valence-electron chi connectivity index (χ3n) is 2.65. The number of hydrogen-bond donors (Lipinski definition) is 4. The van der Waals surface area contributed by atoms with Crippen LogP contribution in [-0.4, -0.2) is 39.7 Å². The van der Waals surface area contributed by atoms with E-state index in [4.69, 9.17) is 10.2 Å². The highest BCUT2D eigenvalue weighted by molar-refractivity contribution is 8.00. The summed E-state index contributed by atoms with van der Waals surface area (Å²) in [6, 6.07) is 7.08. The summed E-state index contributed by atoms with van der Waals surface area (Å²) in [5, 5.41) is 23.5. The molecular weight excluding hydrogens is 288 g/mol. The molecule has 21 heavy (non-hydrogen) atoms. The van der Waals surface area contributed by atoms with E-state index in [0.29, 0.717) is 5.69 Å². The molecule has 4 N–H and O–H groups in total. The first-order valence-corrected chi connectivity index (χ1v) is 7.59. The van der Waals surface area contributed by atoms with Crippen LogP contribution in [0.4, 0.5) is 10.5 Å². The number of carbonyl (C=O) groups excluding carboxylic acids is 1. The topological polar surface area (TPSA) is 81.6 Å². The van der Waals surface area contributed by atoms with Gasteiger partial charge in [-0.2, -0.15) is 0 Å². The molecule has 0 bridgehead atoms. The zero-order valence-electron chi connectivity index (χ0n) is 12.9. The van der Waals surface area contributed by atoms with Gasteiger partial charge in [-0.1, -0.05) is 20.8 Å². The number of benzene rings is 1. The maximum absolute atomic E-state index is 11.8. The Labute approximate surface area is 130 Å². The summed E-state index contributed by atoms with van der Waals surface area (Å²) >= 11 is 1.75. The molecule has 0 spiro atoms. The number of nitrogens with one attached hydrogen (secondary N) is 2.